The molecule has 1 N–H and O–H groups in total. The zero-order chi connectivity index (χ0) is 18.6. The normalized spacial score (nSPS) is 11.5. The molecule has 0 saturated carbocycles. The minimum Gasteiger partial charge on any atom is -0.497 e. The van der Waals surface area contributed by atoms with Gasteiger partial charge in [-0.1, -0.05) is 15.9 Å². The van der Waals surface area contributed by atoms with Gasteiger partial charge >= 0.3 is 0 Å². The first-order valence-electron chi connectivity index (χ1n) is 7.82. The van der Waals surface area contributed by atoms with Crippen molar-refractivity contribution in [2.75, 3.05) is 13.7 Å². The van der Waals surface area contributed by atoms with Crippen molar-refractivity contribution in [2.45, 2.75) is 11.3 Å². The summed E-state index contributed by atoms with van der Waals surface area (Å²) in [6, 6.07) is 14.2. The lowest BCUT2D eigenvalue weighted by molar-refractivity contribution is 0.415. The second kappa shape index (κ2) is 8.30. The smallest absolute Gasteiger partial charge is 0.240 e. The van der Waals surface area contributed by atoms with Gasteiger partial charge in [-0.05, 0) is 48.5 Å². The molecule has 136 valence electrons. The molecule has 2 aromatic carbocycles. The molecule has 0 saturated heterocycles. The highest BCUT2D eigenvalue weighted by Gasteiger charge is 2.13. The van der Waals surface area contributed by atoms with E-state index < -0.39 is 10.0 Å². The van der Waals surface area contributed by atoms with Gasteiger partial charge in [-0.3, -0.25) is 0 Å². The Morgan fingerprint density at radius 2 is 1.81 bits per heavy atom. The molecule has 0 aliphatic heterocycles. The number of methoxy groups -OCH3 is 1. The Hall–Kier alpha value is -1.74. The van der Waals surface area contributed by atoms with Crippen molar-refractivity contribution in [1.82, 2.24) is 9.71 Å². The van der Waals surface area contributed by atoms with Crippen LogP contribution in [0.1, 0.15) is 5.01 Å². The van der Waals surface area contributed by atoms with Crippen LogP contribution in [-0.4, -0.2) is 27.1 Å². The molecule has 0 fully saturated rings. The Morgan fingerprint density at radius 3 is 2.46 bits per heavy atom. The van der Waals surface area contributed by atoms with Gasteiger partial charge < -0.3 is 4.74 Å². The lowest BCUT2D eigenvalue weighted by Crippen LogP contribution is -2.25. The number of halogens is 1. The molecule has 3 aromatic rings. The van der Waals surface area contributed by atoms with Gasteiger partial charge in [-0.25, -0.2) is 18.1 Å². The summed E-state index contributed by atoms with van der Waals surface area (Å²) in [5, 5.41) is 2.86. The molecule has 0 aliphatic rings. The fourth-order valence-electron chi connectivity index (χ4n) is 2.31. The molecule has 0 aliphatic carbocycles. The molecule has 0 radical (unpaired) electrons. The third kappa shape index (κ3) is 4.70. The number of hydrogen-bond acceptors (Lipinski definition) is 5. The summed E-state index contributed by atoms with van der Waals surface area (Å²) in [7, 11) is -1.88. The summed E-state index contributed by atoms with van der Waals surface area (Å²) in [6.07, 6.45) is 0.538. The van der Waals surface area contributed by atoms with Gasteiger partial charge in [0.05, 0.1) is 22.7 Å². The number of benzene rings is 2. The Bertz CT molecular complexity index is 968. The summed E-state index contributed by atoms with van der Waals surface area (Å²) < 4.78 is 33.1. The standard InChI is InChI=1S/C18H17BrN2O3S2/c1-24-15-6-2-13(3-7-15)17-12-25-18(21-17)10-11-20-26(22,23)16-8-4-14(19)5-9-16/h2-9,12,20H,10-11H2,1H3. The highest BCUT2D eigenvalue weighted by molar-refractivity contribution is 9.10. The van der Waals surface area contributed by atoms with Crippen LogP contribution in [0.25, 0.3) is 11.3 Å². The van der Waals surface area contributed by atoms with E-state index in [-0.39, 0.29) is 4.90 Å². The van der Waals surface area contributed by atoms with Gasteiger partial charge in [0.15, 0.2) is 0 Å². The number of thiazole rings is 1. The van der Waals surface area contributed by atoms with E-state index in [9.17, 15) is 8.42 Å². The summed E-state index contributed by atoms with van der Waals surface area (Å²) in [6.45, 7) is 0.300. The molecule has 0 spiro atoms. The molecule has 5 nitrogen and oxygen atoms in total. The fourth-order valence-corrected chi connectivity index (χ4v) is 4.41. The molecule has 0 unspecified atom stereocenters. The first-order valence-corrected chi connectivity index (χ1v) is 11.0. The van der Waals surface area contributed by atoms with E-state index in [1.54, 1.807) is 31.4 Å². The number of sulfonamides is 1. The molecule has 1 heterocycles. The number of hydrogen-bond donors (Lipinski definition) is 1. The van der Waals surface area contributed by atoms with Crippen molar-refractivity contribution >= 4 is 37.3 Å². The van der Waals surface area contributed by atoms with Crippen molar-refractivity contribution in [1.29, 1.82) is 0 Å². The zero-order valence-electron chi connectivity index (χ0n) is 14.0. The predicted octanol–water partition coefficient (Wildman–Crippen LogP) is 4.10. The van der Waals surface area contributed by atoms with Crippen LogP contribution >= 0.6 is 27.3 Å². The van der Waals surface area contributed by atoms with Crippen LogP contribution in [-0.2, 0) is 16.4 Å². The third-order valence-electron chi connectivity index (χ3n) is 3.69. The first-order chi connectivity index (χ1) is 12.5. The molecular weight excluding hydrogens is 436 g/mol. The van der Waals surface area contributed by atoms with E-state index in [0.717, 1.165) is 26.5 Å². The molecule has 3 rings (SSSR count). The summed E-state index contributed by atoms with van der Waals surface area (Å²) in [5.74, 6) is 0.798. The fraction of sp³-hybridized carbons (Fsp3) is 0.167. The molecule has 1 aromatic heterocycles. The molecule has 0 bridgehead atoms. The SMILES string of the molecule is COc1ccc(-c2csc(CCNS(=O)(=O)c3ccc(Br)cc3)n2)cc1. The number of ether oxygens (including phenoxy) is 1. The maximum absolute atomic E-state index is 12.3. The minimum absolute atomic E-state index is 0.249. The largest absolute Gasteiger partial charge is 0.497 e. The maximum Gasteiger partial charge on any atom is 0.240 e. The van der Waals surface area contributed by atoms with Crippen LogP contribution < -0.4 is 9.46 Å². The van der Waals surface area contributed by atoms with E-state index in [0.29, 0.717) is 13.0 Å². The van der Waals surface area contributed by atoms with Crippen LogP contribution in [0.2, 0.25) is 0 Å². The van der Waals surface area contributed by atoms with Gasteiger partial charge in [-0.2, -0.15) is 0 Å². The molecule has 26 heavy (non-hydrogen) atoms. The van der Waals surface area contributed by atoms with E-state index in [4.69, 9.17) is 4.74 Å². The van der Waals surface area contributed by atoms with E-state index in [1.165, 1.54) is 11.3 Å². The predicted molar refractivity (Wildman–Crippen MR) is 107 cm³/mol. The Labute approximate surface area is 165 Å². The van der Waals surface area contributed by atoms with Crippen LogP contribution in [0.15, 0.2) is 63.3 Å². The van der Waals surface area contributed by atoms with E-state index in [2.05, 4.69) is 25.6 Å². The van der Waals surface area contributed by atoms with Crippen molar-refractivity contribution < 1.29 is 13.2 Å². The Morgan fingerprint density at radius 1 is 1.12 bits per heavy atom. The highest BCUT2D eigenvalue weighted by Crippen LogP contribution is 2.24. The topological polar surface area (TPSA) is 68.3 Å². The van der Waals surface area contributed by atoms with E-state index >= 15 is 0 Å². The molecule has 0 atom stereocenters. The maximum atomic E-state index is 12.3. The van der Waals surface area contributed by atoms with Crippen LogP contribution in [0.3, 0.4) is 0 Å². The number of nitrogens with one attached hydrogen (secondary N) is 1. The zero-order valence-corrected chi connectivity index (χ0v) is 17.2. The monoisotopic (exact) mass is 452 g/mol. The first kappa shape index (κ1) is 19.0. The minimum atomic E-state index is -3.51. The van der Waals surface area contributed by atoms with Crippen LogP contribution in [0.4, 0.5) is 0 Å². The average Bonchev–Trinajstić information content (AvgIpc) is 3.11. The number of rotatable bonds is 7. The van der Waals surface area contributed by atoms with Crippen molar-refractivity contribution in [3.05, 3.63) is 63.4 Å². The van der Waals surface area contributed by atoms with Gasteiger partial charge in [-0.15, -0.1) is 11.3 Å². The molecule has 0 amide bonds. The molecule has 8 heteroatoms. The number of aromatic nitrogens is 1. The van der Waals surface area contributed by atoms with Gasteiger partial charge in [0.2, 0.25) is 10.0 Å². The molecular formula is C18H17BrN2O3S2. The quantitative estimate of drug-likeness (QED) is 0.585. The van der Waals surface area contributed by atoms with Crippen molar-refractivity contribution in [2.24, 2.45) is 0 Å². The number of nitrogens with zero attached hydrogens (tertiary/aromatic N) is 1. The summed E-state index contributed by atoms with van der Waals surface area (Å²) >= 11 is 4.82. The van der Waals surface area contributed by atoms with Crippen molar-refractivity contribution in [3.8, 4) is 17.0 Å². The highest BCUT2D eigenvalue weighted by atomic mass is 79.9. The summed E-state index contributed by atoms with van der Waals surface area (Å²) in [4.78, 5) is 4.83. The van der Waals surface area contributed by atoms with Crippen LogP contribution in [0, 0.1) is 0 Å². The Kier molecular flexibility index (Phi) is 6.08. The van der Waals surface area contributed by atoms with Crippen molar-refractivity contribution in [3.63, 3.8) is 0 Å². The van der Waals surface area contributed by atoms with Gasteiger partial charge in [0, 0.05) is 28.4 Å². The van der Waals surface area contributed by atoms with Gasteiger partial charge in [0.25, 0.3) is 0 Å². The second-order valence-corrected chi connectivity index (χ2v) is 9.08. The lowest BCUT2D eigenvalue weighted by atomic mass is 10.2. The second-order valence-electron chi connectivity index (χ2n) is 5.46. The third-order valence-corrected chi connectivity index (χ3v) is 6.61. The van der Waals surface area contributed by atoms with Gasteiger partial charge in [0.1, 0.15) is 5.75 Å². The lowest BCUT2D eigenvalue weighted by Gasteiger charge is -2.05. The Balaban J connectivity index is 1.60. The van der Waals surface area contributed by atoms with Crippen LogP contribution in [0.5, 0.6) is 5.75 Å². The average molecular weight is 453 g/mol. The summed E-state index contributed by atoms with van der Waals surface area (Å²) in [5.41, 5.74) is 1.88. The van der Waals surface area contributed by atoms with E-state index in [1.807, 2.05) is 29.6 Å².